The van der Waals surface area contributed by atoms with Crippen LogP contribution >= 0.6 is 35.8 Å². The van der Waals surface area contributed by atoms with E-state index in [-0.39, 0.29) is 5.56 Å². The van der Waals surface area contributed by atoms with Gasteiger partial charge < -0.3 is 5.11 Å². The second-order valence-electron chi connectivity index (χ2n) is 6.71. The highest BCUT2D eigenvalue weighted by molar-refractivity contribution is 7.80. The summed E-state index contributed by atoms with van der Waals surface area (Å²) < 4.78 is 0. The summed E-state index contributed by atoms with van der Waals surface area (Å²) in [4.78, 5) is 21.8. The van der Waals surface area contributed by atoms with Crippen LogP contribution in [0.25, 0.3) is 22.3 Å². The largest absolute Gasteiger partial charge is 0.475 e. The first-order valence-corrected chi connectivity index (χ1v) is 10.7. The van der Waals surface area contributed by atoms with Gasteiger partial charge in [-0.2, -0.15) is 0 Å². The number of rotatable bonds is 4. The summed E-state index contributed by atoms with van der Waals surface area (Å²) in [5.41, 5.74) is 4.64. The van der Waals surface area contributed by atoms with Crippen LogP contribution in [0.15, 0.2) is 102 Å². The van der Waals surface area contributed by atoms with Crippen LogP contribution in [0.5, 0.6) is 0 Å². The third kappa shape index (κ3) is 6.01. The zero-order valence-electron chi connectivity index (χ0n) is 16.7. The molecule has 0 aliphatic rings. The molecule has 4 rings (SSSR count). The van der Waals surface area contributed by atoms with Crippen molar-refractivity contribution in [1.29, 1.82) is 0 Å². The second-order valence-corrected chi connectivity index (χ2v) is 8.07. The normalized spacial score (nSPS) is 10.1. The van der Waals surface area contributed by atoms with Crippen molar-refractivity contribution >= 4 is 47.6 Å². The first kappa shape index (κ1) is 23.6. The zero-order valence-corrected chi connectivity index (χ0v) is 19.1. The minimum absolute atomic E-state index is 0.208. The maximum atomic E-state index is 10.7. The quantitative estimate of drug-likeness (QED) is 0.180. The Morgan fingerprint density at radius 1 is 0.656 bits per heavy atom. The van der Waals surface area contributed by atoms with Gasteiger partial charge in [0, 0.05) is 26.1 Å². The van der Waals surface area contributed by atoms with Gasteiger partial charge in [0.1, 0.15) is 0 Å². The monoisotopic (exact) mass is 480 g/mol. The predicted molar refractivity (Wildman–Crippen MR) is 133 cm³/mol. The molecule has 3 nitrogen and oxygen atoms in total. The smallest absolute Gasteiger partial charge is 0.377 e. The highest BCUT2D eigenvalue weighted by Crippen LogP contribution is 2.37. The molecule has 0 unspecified atom stereocenters. The molecule has 0 fully saturated rings. The SMILES string of the molecule is O=C(O)C(=O)c1ccccc1.Sc1cccc(-c2ccc(Cl)cc2)c1-c1ccc(Cl)cc1. The Morgan fingerprint density at radius 2 is 1.19 bits per heavy atom. The second kappa shape index (κ2) is 11.0. The van der Waals surface area contributed by atoms with Gasteiger partial charge >= 0.3 is 5.97 Å². The molecule has 4 aromatic carbocycles. The Labute approximate surface area is 201 Å². The summed E-state index contributed by atoms with van der Waals surface area (Å²) in [6.07, 6.45) is 0. The van der Waals surface area contributed by atoms with Crippen LogP contribution in [0, 0.1) is 0 Å². The van der Waals surface area contributed by atoms with E-state index in [9.17, 15) is 9.59 Å². The molecule has 0 saturated heterocycles. The number of carboxylic acid groups (broad SMARTS) is 1. The number of thiol groups is 1. The summed E-state index contributed by atoms with van der Waals surface area (Å²) in [7, 11) is 0. The van der Waals surface area contributed by atoms with Crippen molar-refractivity contribution in [2.45, 2.75) is 4.90 Å². The average Bonchev–Trinajstić information content (AvgIpc) is 2.81. The van der Waals surface area contributed by atoms with Crippen LogP contribution < -0.4 is 0 Å². The maximum absolute atomic E-state index is 10.7. The molecular formula is C26H18Cl2O3S. The Bertz CT molecular complexity index is 1220. The molecule has 0 bridgehead atoms. The van der Waals surface area contributed by atoms with E-state index >= 15 is 0 Å². The Kier molecular flexibility index (Phi) is 8.12. The molecular weight excluding hydrogens is 463 g/mol. The Morgan fingerprint density at radius 3 is 1.72 bits per heavy atom. The van der Waals surface area contributed by atoms with E-state index in [0.29, 0.717) is 0 Å². The van der Waals surface area contributed by atoms with Gasteiger partial charge in [-0.25, -0.2) is 4.79 Å². The fourth-order valence-electron chi connectivity index (χ4n) is 3.04. The molecule has 0 aliphatic heterocycles. The van der Waals surface area contributed by atoms with Gasteiger partial charge in [-0.1, -0.05) is 89.9 Å². The number of carboxylic acids is 1. The van der Waals surface area contributed by atoms with Gasteiger partial charge in [0.25, 0.3) is 5.78 Å². The van der Waals surface area contributed by atoms with Crippen molar-refractivity contribution in [3.63, 3.8) is 0 Å². The van der Waals surface area contributed by atoms with Crippen LogP contribution in [0.1, 0.15) is 10.4 Å². The number of hydrogen-bond acceptors (Lipinski definition) is 3. The summed E-state index contributed by atoms with van der Waals surface area (Å²) in [6, 6.07) is 29.6. The van der Waals surface area contributed by atoms with Gasteiger partial charge in [0.2, 0.25) is 0 Å². The number of halogens is 2. The van der Waals surface area contributed by atoms with Crippen LogP contribution in [0.2, 0.25) is 10.0 Å². The van der Waals surface area contributed by atoms with Gasteiger partial charge in [-0.05, 0) is 47.0 Å². The third-order valence-corrected chi connectivity index (χ3v) is 5.44. The van der Waals surface area contributed by atoms with Crippen molar-refractivity contribution in [1.82, 2.24) is 0 Å². The Hall–Kier alpha value is -3.05. The highest BCUT2D eigenvalue weighted by Gasteiger charge is 2.12. The molecule has 6 heteroatoms. The number of aliphatic carboxylic acids is 1. The van der Waals surface area contributed by atoms with Gasteiger partial charge in [0.15, 0.2) is 0 Å². The minimum Gasteiger partial charge on any atom is -0.475 e. The molecule has 0 atom stereocenters. The zero-order chi connectivity index (χ0) is 23.1. The van der Waals surface area contributed by atoms with Crippen molar-refractivity contribution < 1.29 is 14.7 Å². The first-order valence-electron chi connectivity index (χ1n) is 9.53. The topological polar surface area (TPSA) is 54.4 Å². The molecule has 4 aromatic rings. The number of carbonyl (C=O) groups is 2. The van der Waals surface area contributed by atoms with Crippen LogP contribution in [0.4, 0.5) is 0 Å². The van der Waals surface area contributed by atoms with E-state index in [1.165, 1.54) is 12.1 Å². The molecule has 0 amide bonds. The molecule has 0 spiro atoms. The van der Waals surface area contributed by atoms with Crippen LogP contribution in [-0.4, -0.2) is 16.9 Å². The number of hydrogen-bond donors (Lipinski definition) is 2. The summed E-state index contributed by atoms with van der Waals surface area (Å²) in [6.45, 7) is 0. The van der Waals surface area contributed by atoms with Crippen molar-refractivity contribution in [2.75, 3.05) is 0 Å². The lowest BCUT2D eigenvalue weighted by Crippen LogP contribution is -2.12. The van der Waals surface area contributed by atoms with Crippen molar-refractivity contribution in [3.8, 4) is 22.3 Å². The molecule has 0 aromatic heterocycles. The lowest BCUT2D eigenvalue weighted by atomic mass is 9.94. The molecule has 0 radical (unpaired) electrons. The van der Waals surface area contributed by atoms with E-state index < -0.39 is 11.8 Å². The predicted octanol–water partition coefficient (Wildman–Crippen LogP) is 7.57. The summed E-state index contributed by atoms with van der Waals surface area (Å²) >= 11 is 16.6. The molecule has 0 heterocycles. The van der Waals surface area contributed by atoms with E-state index in [2.05, 4.69) is 18.7 Å². The Balaban J connectivity index is 0.000000222. The average molecular weight is 481 g/mol. The standard InChI is InChI=1S/C18H12Cl2S.C8H6O3/c19-14-8-4-12(5-9-14)16-2-1-3-17(21)18(16)13-6-10-15(20)11-7-13;9-7(8(10)11)6-4-2-1-3-5-6/h1-11,21H;1-5H,(H,10,11). The van der Waals surface area contributed by atoms with E-state index in [4.69, 9.17) is 28.3 Å². The lowest BCUT2D eigenvalue weighted by Gasteiger charge is -2.13. The fourth-order valence-corrected chi connectivity index (χ4v) is 3.63. The summed E-state index contributed by atoms with van der Waals surface area (Å²) in [5.74, 6) is -2.29. The summed E-state index contributed by atoms with van der Waals surface area (Å²) in [5, 5.41) is 9.74. The highest BCUT2D eigenvalue weighted by atomic mass is 35.5. The van der Waals surface area contributed by atoms with Gasteiger partial charge in [-0.15, -0.1) is 12.6 Å². The number of benzene rings is 4. The first-order chi connectivity index (χ1) is 15.4. The lowest BCUT2D eigenvalue weighted by molar-refractivity contribution is -0.131. The van der Waals surface area contributed by atoms with Crippen LogP contribution in [-0.2, 0) is 4.79 Å². The molecule has 32 heavy (non-hydrogen) atoms. The fraction of sp³-hybridized carbons (Fsp3) is 0. The van der Waals surface area contributed by atoms with Crippen molar-refractivity contribution in [2.24, 2.45) is 0 Å². The molecule has 160 valence electrons. The minimum atomic E-state index is -1.42. The molecule has 1 N–H and O–H groups in total. The number of ketones is 1. The van der Waals surface area contributed by atoms with Gasteiger partial charge in [-0.3, -0.25) is 4.79 Å². The molecule has 0 saturated carbocycles. The third-order valence-electron chi connectivity index (χ3n) is 4.56. The number of Topliss-reactive ketones (excluding diaryl/α,β-unsaturated/α-hetero) is 1. The van der Waals surface area contributed by atoms with Crippen molar-refractivity contribution in [3.05, 3.63) is 113 Å². The molecule has 0 aliphatic carbocycles. The maximum Gasteiger partial charge on any atom is 0.377 e. The van der Waals surface area contributed by atoms with Crippen LogP contribution in [0.3, 0.4) is 0 Å². The van der Waals surface area contributed by atoms with E-state index in [1.807, 2.05) is 60.7 Å². The number of carbonyl (C=O) groups excluding carboxylic acids is 1. The van der Waals surface area contributed by atoms with E-state index in [1.54, 1.807) is 18.2 Å². The van der Waals surface area contributed by atoms with E-state index in [0.717, 1.165) is 37.2 Å². The van der Waals surface area contributed by atoms with Gasteiger partial charge in [0.05, 0.1) is 0 Å².